The molecule has 18 heavy (non-hydrogen) atoms. The second-order valence-electron chi connectivity index (χ2n) is 5.96. The lowest BCUT2D eigenvalue weighted by atomic mass is 9.88. The molecule has 2 N–H and O–H groups in total. The van der Waals surface area contributed by atoms with Gasteiger partial charge in [-0.3, -0.25) is 9.59 Å². The van der Waals surface area contributed by atoms with Crippen molar-refractivity contribution >= 4 is 11.9 Å². The number of rotatable bonds is 3. The smallest absolute Gasteiger partial charge is 0.310 e. The van der Waals surface area contributed by atoms with Crippen LogP contribution < -0.4 is 5.32 Å². The third kappa shape index (κ3) is 2.04. The predicted octanol–water partition coefficient (Wildman–Crippen LogP) is 1.57. The van der Waals surface area contributed by atoms with Gasteiger partial charge in [0, 0.05) is 12.0 Å². The molecule has 0 radical (unpaired) electrons. The predicted molar refractivity (Wildman–Crippen MR) is 65.8 cm³/mol. The highest BCUT2D eigenvalue weighted by Crippen LogP contribution is 2.48. The van der Waals surface area contributed by atoms with Crippen molar-refractivity contribution in [2.45, 2.75) is 38.1 Å². The molecular weight excluding hydrogens is 230 g/mol. The Labute approximate surface area is 106 Å². The van der Waals surface area contributed by atoms with Gasteiger partial charge in [0.25, 0.3) is 0 Å². The van der Waals surface area contributed by atoms with E-state index in [0.29, 0.717) is 12.3 Å². The van der Waals surface area contributed by atoms with Gasteiger partial charge in [-0.05, 0) is 37.5 Å². The van der Waals surface area contributed by atoms with Crippen LogP contribution in [0.2, 0.25) is 0 Å². The Morgan fingerprint density at radius 1 is 1.11 bits per heavy atom. The summed E-state index contributed by atoms with van der Waals surface area (Å²) in [6.45, 7) is 0. The summed E-state index contributed by atoms with van der Waals surface area (Å²) >= 11 is 0. The molecular formula is C14H19NO3. The van der Waals surface area contributed by atoms with E-state index < -0.39 is 11.9 Å². The molecule has 0 aromatic rings. The minimum Gasteiger partial charge on any atom is -0.481 e. The molecule has 1 amide bonds. The molecule has 2 saturated carbocycles. The van der Waals surface area contributed by atoms with Crippen LogP contribution in [0, 0.1) is 23.7 Å². The molecule has 0 heterocycles. The first-order valence-electron chi connectivity index (χ1n) is 6.85. The zero-order chi connectivity index (χ0) is 12.7. The number of amides is 1. The van der Waals surface area contributed by atoms with Gasteiger partial charge in [0.2, 0.25) is 5.91 Å². The van der Waals surface area contributed by atoms with Gasteiger partial charge >= 0.3 is 5.97 Å². The van der Waals surface area contributed by atoms with Crippen LogP contribution in [0.3, 0.4) is 0 Å². The zero-order valence-corrected chi connectivity index (χ0v) is 10.3. The van der Waals surface area contributed by atoms with Crippen molar-refractivity contribution in [3.63, 3.8) is 0 Å². The minimum atomic E-state index is -0.803. The first kappa shape index (κ1) is 11.8. The molecule has 0 saturated heterocycles. The quantitative estimate of drug-likeness (QED) is 0.746. The maximum atomic E-state index is 12.2. The topological polar surface area (TPSA) is 66.4 Å². The fourth-order valence-electron chi connectivity index (χ4n) is 3.84. The van der Waals surface area contributed by atoms with Gasteiger partial charge in [-0.2, -0.15) is 0 Å². The van der Waals surface area contributed by atoms with Crippen molar-refractivity contribution in [3.05, 3.63) is 12.2 Å². The molecule has 4 nitrogen and oxygen atoms in total. The van der Waals surface area contributed by atoms with E-state index in [-0.39, 0.29) is 17.9 Å². The normalized spacial score (nSPS) is 41.2. The minimum absolute atomic E-state index is 0.0854. The van der Waals surface area contributed by atoms with E-state index in [1.807, 2.05) is 6.08 Å². The van der Waals surface area contributed by atoms with Gasteiger partial charge in [-0.1, -0.05) is 18.6 Å². The Balaban J connectivity index is 1.53. The van der Waals surface area contributed by atoms with Crippen LogP contribution in [0.15, 0.2) is 12.2 Å². The number of fused-ring (bicyclic) bond motifs is 2. The molecule has 3 aliphatic rings. The van der Waals surface area contributed by atoms with Crippen LogP contribution in [0.1, 0.15) is 32.1 Å². The van der Waals surface area contributed by atoms with Gasteiger partial charge < -0.3 is 10.4 Å². The number of nitrogens with one attached hydrogen (secondary N) is 1. The monoisotopic (exact) mass is 249 g/mol. The molecule has 5 unspecified atom stereocenters. The number of aliphatic carboxylic acids is 1. The first-order chi connectivity index (χ1) is 8.63. The summed E-state index contributed by atoms with van der Waals surface area (Å²) in [6.07, 6.45) is 8.76. The highest BCUT2D eigenvalue weighted by Gasteiger charge is 2.43. The molecule has 3 aliphatic carbocycles. The molecule has 2 bridgehead atoms. The summed E-state index contributed by atoms with van der Waals surface area (Å²) < 4.78 is 0. The van der Waals surface area contributed by atoms with E-state index in [2.05, 4.69) is 5.32 Å². The largest absolute Gasteiger partial charge is 0.481 e. The molecule has 0 spiro atoms. The molecule has 0 aromatic heterocycles. The molecule has 0 aliphatic heterocycles. The van der Waals surface area contributed by atoms with Gasteiger partial charge in [0.1, 0.15) is 0 Å². The SMILES string of the molecule is O=C(O)C1C=CC(NC(=O)C2CC3CCC2C3)C1. The first-order valence-corrected chi connectivity index (χ1v) is 6.85. The summed E-state index contributed by atoms with van der Waals surface area (Å²) in [5.41, 5.74) is 0. The molecule has 98 valence electrons. The molecule has 4 heteroatoms. The zero-order valence-electron chi connectivity index (χ0n) is 10.3. The summed E-state index contributed by atoms with van der Waals surface area (Å²) in [6, 6.07) is -0.0854. The van der Waals surface area contributed by atoms with Crippen LogP contribution >= 0.6 is 0 Å². The van der Waals surface area contributed by atoms with Crippen molar-refractivity contribution in [3.8, 4) is 0 Å². The van der Waals surface area contributed by atoms with Crippen LogP contribution in [-0.2, 0) is 9.59 Å². The average molecular weight is 249 g/mol. The number of hydrogen-bond acceptors (Lipinski definition) is 2. The Morgan fingerprint density at radius 3 is 2.50 bits per heavy atom. The van der Waals surface area contributed by atoms with Gasteiger partial charge in [-0.15, -0.1) is 0 Å². The second kappa shape index (κ2) is 4.41. The maximum Gasteiger partial charge on any atom is 0.310 e. The average Bonchev–Trinajstić information content (AvgIpc) is 3.03. The van der Waals surface area contributed by atoms with Crippen LogP contribution in [-0.4, -0.2) is 23.0 Å². The van der Waals surface area contributed by atoms with E-state index in [1.54, 1.807) is 6.08 Å². The third-order valence-electron chi connectivity index (χ3n) is 4.80. The maximum absolute atomic E-state index is 12.2. The van der Waals surface area contributed by atoms with E-state index in [0.717, 1.165) is 12.3 Å². The van der Waals surface area contributed by atoms with Gasteiger partial charge in [0.15, 0.2) is 0 Å². The lowest BCUT2D eigenvalue weighted by Gasteiger charge is -2.22. The Bertz CT molecular complexity index is 404. The summed E-state index contributed by atoms with van der Waals surface area (Å²) in [5.74, 6) is 0.425. The number of carbonyl (C=O) groups excluding carboxylic acids is 1. The van der Waals surface area contributed by atoms with E-state index in [1.165, 1.54) is 19.3 Å². The fourth-order valence-corrected chi connectivity index (χ4v) is 3.84. The number of hydrogen-bond donors (Lipinski definition) is 2. The number of carboxylic acids is 1. The Morgan fingerprint density at radius 2 is 1.94 bits per heavy atom. The highest BCUT2D eigenvalue weighted by atomic mass is 16.4. The van der Waals surface area contributed by atoms with Crippen LogP contribution in [0.4, 0.5) is 0 Å². The second-order valence-corrected chi connectivity index (χ2v) is 5.96. The lowest BCUT2D eigenvalue weighted by Crippen LogP contribution is -2.39. The number of carbonyl (C=O) groups is 2. The van der Waals surface area contributed by atoms with Crippen molar-refractivity contribution in [1.82, 2.24) is 5.32 Å². The third-order valence-corrected chi connectivity index (χ3v) is 4.80. The van der Waals surface area contributed by atoms with Crippen molar-refractivity contribution < 1.29 is 14.7 Å². The highest BCUT2D eigenvalue weighted by molar-refractivity contribution is 5.80. The van der Waals surface area contributed by atoms with Gasteiger partial charge in [-0.25, -0.2) is 0 Å². The van der Waals surface area contributed by atoms with Crippen molar-refractivity contribution in [2.24, 2.45) is 23.7 Å². The summed E-state index contributed by atoms with van der Waals surface area (Å²) in [5, 5.41) is 11.9. The number of carboxylic acid groups (broad SMARTS) is 1. The Kier molecular flexibility index (Phi) is 2.88. The Hall–Kier alpha value is -1.32. The van der Waals surface area contributed by atoms with Crippen LogP contribution in [0.25, 0.3) is 0 Å². The van der Waals surface area contributed by atoms with Crippen LogP contribution in [0.5, 0.6) is 0 Å². The molecule has 3 rings (SSSR count). The molecule has 0 aromatic carbocycles. The standard InChI is InChI=1S/C14H19NO3/c16-13(12-6-8-1-2-9(12)5-8)15-11-4-3-10(7-11)14(17)18/h3-4,8-12H,1-2,5-7H2,(H,15,16)(H,17,18). The fraction of sp³-hybridized carbons (Fsp3) is 0.714. The summed E-state index contributed by atoms with van der Waals surface area (Å²) in [7, 11) is 0. The van der Waals surface area contributed by atoms with Gasteiger partial charge in [0.05, 0.1) is 5.92 Å². The van der Waals surface area contributed by atoms with Crippen molar-refractivity contribution in [2.75, 3.05) is 0 Å². The van der Waals surface area contributed by atoms with E-state index in [4.69, 9.17) is 5.11 Å². The lowest BCUT2D eigenvalue weighted by molar-refractivity contribution is -0.140. The molecule has 2 fully saturated rings. The van der Waals surface area contributed by atoms with E-state index in [9.17, 15) is 9.59 Å². The van der Waals surface area contributed by atoms with E-state index >= 15 is 0 Å². The molecule has 5 atom stereocenters. The summed E-state index contributed by atoms with van der Waals surface area (Å²) in [4.78, 5) is 23.0. The van der Waals surface area contributed by atoms with Crippen molar-refractivity contribution in [1.29, 1.82) is 0 Å².